The van der Waals surface area contributed by atoms with E-state index in [4.69, 9.17) is 12.2 Å². The van der Waals surface area contributed by atoms with Crippen LogP contribution in [0.3, 0.4) is 0 Å². The molecule has 0 saturated heterocycles. The number of amides is 1. The molecule has 2 N–H and O–H groups in total. The van der Waals surface area contributed by atoms with E-state index in [1.165, 1.54) is 10.8 Å². The fourth-order valence-corrected chi connectivity index (χ4v) is 3.18. The average Bonchev–Trinajstić information content (AvgIpc) is 2.97. The van der Waals surface area contributed by atoms with Crippen LogP contribution in [0.2, 0.25) is 0 Å². The van der Waals surface area contributed by atoms with Gasteiger partial charge in [0, 0.05) is 41.3 Å². The lowest BCUT2D eigenvalue weighted by Crippen LogP contribution is -2.36. The molecule has 1 aromatic heterocycles. The van der Waals surface area contributed by atoms with Gasteiger partial charge < -0.3 is 15.2 Å². The Balaban J connectivity index is 1.65. The maximum absolute atomic E-state index is 12.2. The van der Waals surface area contributed by atoms with E-state index in [1.807, 2.05) is 31.2 Å². The van der Waals surface area contributed by atoms with Gasteiger partial charge in [-0.3, -0.25) is 4.79 Å². The molecule has 1 amide bonds. The van der Waals surface area contributed by atoms with E-state index in [2.05, 4.69) is 46.0 Å². The van der Waals surface area contributed by atoms with Crippen LogP contribution in [0.25, 0.3) is 21.8 Å². The Kier molecular flexibility index (Phi) is 5.68. The SMILES string of the molecule is C=C(C)CNC(=S)CNC(=O)CCn1c2ccccc2c2ccccc21. The molecule has 0 aliphatic rings. The van der Waals surface area contributed by atoms with Crippen molar-refractivity contribution in [1.29, 1.82) is 0 Å². The van der Waals surface area contributed by atoms with E-state index in [-0.39, 0.29) is 5.91 Å². The smallest absolute Gasteiger partial charge is 0.222 e. The number of nitrogens with zero attached hydrogens (tertiary/aromatic N) is 1. The second-order valence-electron chi connectivity index (χ2n) is 6.45. The maximum Gasteiger partial charge on any atom is 0.222 e. The van der Waals surface area contributed by atoms with E-state index in [1.54, 1.807) is 0 Å². The van der Waals surface area contributed by atoms with E-state index < -0.39 is 0 Å². The number of hydrogen-bond acceptors (Lipinski definition) is 2. The highest BCUT2D eigenvalue weighted by Gasteiger charge is 2.11. The van der Waals surface area contributed by atoms with Gasteiger partial charge in [-0.15, -0.1) is 0 Å². The molecule has 3 rings (SSSR count). The highest BCUT2D eigenvalue weighted by atomic mass is 32.1. The number of aryl methyl sites for hydroxylation is 1. The number of thiocarbonyl (C=S) groups is 1. The van der Waals surface area contributed by atoms with Crippen molar-refractivity contribution in [1.82, 2.24) is 15.2 Å². The average molecular weight is 366 g/mol. The van der Waals surface area contributed by atoms with Gasteiger partial charge in [0.25, 0.3) is 0 Å². The van der Waals surface area contributed by atoms with E-state index in [0.717, 1.165) is 16.6 Å². The minimum atomic E-state index is -0.00802. The summed E-state index contributed by atoms with van der Waals surface area (Å²) in [5, 5.41) is 8.38. The molecule has 0 saturated carbocycles. The molecule has 0 fully saturated rings. The maximum atomic E-state index is 12.2. The summed E-state index contributed by atoms with van der Waals surface area (Å²) < 4.78 is 2.21. The molecule has 0 unspecified atom stereocenters. The zero-order valence-electron chi connectivity index (χ0n) is 14.9. The third kappa shape index (κ3) is 4.11. The highest BCUT2D eigenvalue weighted by Crippen LogP contribution is 2.28. The molecular weight excluding hydrogens is 342 g/mol. The fraction of sp³-hybridized carbons (Fsp3) is 0.238. The molecule has 0 radical (unpaired) electrons. The van der Waals surface area contributed by atoms with Crippen molar-refractivity contribution in [3.05, 3.63) is 60.7 Å². The Labute approximate surface area is 158 Å². The standard InChI is InChI=1S/C21H23N3OS/c1-15(2)13-23-21(26)14-22-20(25)11-12-24-18-9-5-3-7-16(18)17-8-4-6-10-19(17)24/h3-10H,1,11-14H2,2H3,(H,22,25)(H,23,26). The normalized spacial score (nSPS) is 10.8. The van der Waals surface area contributed by atoms with Crippen LogP contribution >= 0.6 is 12.2 Å². The number of fused-ring (bicyclic) bond motifs is 3. The molecule has 2 aromatic carbocycles. The third-order valence-electron chi connectivity index (χ3n) is 4.28. The number of nitrogens with one attached hydrogen (secondary N) is 2. The van der Waals surface area contributed by atoms with Crippen LogP contribution in [0.4, 0.5) is 0 Å². The largest absolute Gasteiger partial charge is 0.374 e. The topological polar surface area (TPSA) is 46.1 Å². The predicted molar refractivity (Wildman–Crippen MR) is 112 cm³/mol. The van der Waals surface area contributed by atoms with Gasteiger partial charge in [0.2, 0.25) is 5.91 Å². The molecule has 134 valence electrons. The minimum absolute atomic E-state index is 0.00802. The first-order valence-corrected chi connectivity index (χ1v) is 9.11. The molecule has 3 aromatic rings. The number of carbonyl (C=O) groups is 1. The lowest BCUT2D eigenvalue weighted by molar-refractivity contribution is -0.121. The highest BCUT2D eigenvalue weighted by molar-refractivity contribution is 7.80. The summed E-state index contributed by atoms with van der Waals surface area (Å²) in [5.74, 6) is -0.00802. The number of para-hydroxylation sites is 2. The predicted octanol–water partition coefficient (Wildman–Crippen LogP) is 3.79. The van der Waals surface area contributed by atoms with Gasteiger partial charge >= 0.3 is 0 Å². The van der Waals surface area contributed by atoms with Crippen molar-refractivity contribution in [3.63, 3.8) is 0 Å². The van der Waals surface area contributed by atoms with Crippen LogP contribution < -0.4 is 10.6 Å². The Bertz CT molecular complexity index is 920. The van der Waals surface area contributed by atoms with Gasteiger partial charge in [-0.25, -0.2) is 0 Å². The monoisotopic (exact) mass is 365 g/mol. The Morgan fingerprint density at radius 1 is 1.00 bits per heavy atom. The first-order chi connectivity index (χ1) is 12.6. The van der Waals surface area contributed by atoms with E-state index >= 15 is 0 Å². The molecule has 0 aliphatic heterocycles. The second-order valence-corrected chi connectivity index (χ2v) is 6.94. The van der Waals surface area contributed by atoms with Gasteiger partial charge in [-0.2, -0.15) is 0 Å². The number of hydrogen-bond donors (Lipinski definition) is 2. The van der Waals surface area contributed by atoms with Gasteiger partial charge in [-0.1, -0.05) is 60.8 Å². The van der Waals surface area contributed by atoms with Crippen LogP contribution in [0.5, 0.6) is 0 Å². The van der Waals surface area contributed by atoms with Crippen molar-refractivity contribution in [3.8, 4) is 0 Å². The van der Waals surface area contributed by atoms with Crippen molar-refractivity contribution in [2.24, 2.45) is 0 Å². The number of aromatic nitrogens is 1. The summed E-state index contributed by atoms with van der Waals surface area (Å²) in [4.78, 5) is 12.8. The summed E-state index contributed by atoms with van der Waals surface area (Å²) in [5.41, 5.74) is 3.31. The molecule has 1 heterocycles. The molecular formula is C21H23N3OS. The Morgan fingerprint density at radius 2 is 1.58 bits per heavy atom. The summed E-state index contributed by atoms with van der Waals surface area (Å²) in [6.07, 6.45) is 0.409. The number of carbonyl (C=O) groups excluding carboxylic acids is 1. The second kappa shape index (κ2) is 8.15. The van der Waals surface area contributed by atoms with Crippen molar-refractivity contribution >= 4 is 44.9 Å². The Morgan fingerprint density at radius 3 is 2.15 bits per heavy atom. The number of rotatable bonds is 7. The molecule has 26 heavy (non-hydrogen) atoms. The Hall–Kier alpha value is -2.66. The molecule has 0 bridgehead atoms. The quantitative estimate of drug-likeness (QED) is 0.495. The summed E-state index contributed by atoms with van der Waals surface area (Å²) in [6, 6.07) is 16.6. The third-order valence-corrected chi connectivity index (χ3v) is 4.56. The van der Waals surface area contributed by atoms with Crippen molar-refractivity contribution in [2.45, 2.75) is 19.9 Å². The van der Waals surface area contributed by atoms with Crippen LogP contribution in [0, 0.1) is 0 Å². The lowest BCUT2D eigenvalue weighted by Gasteiger charge is -2.10. The van der Waals surface area contributed by atoms with E-state index in [0.29, 0.717) is 31.0 Å². The fourth-order valence-electron chi connectivity index (χ4n) is 3.04. The van der Waals surface area contributed by atoms with Gasteiger partial charge in [-0.05, 0) is 19.1 Å². The van der Waals surface area contributed by atoms with Crippen LogP contribution in [0.15, 0.2) is 60.7 Å². The minimum Gasteiger partial charge on any atom is -0.374 e. The molecule has 0 aliphatic carbocycles. The summed E-state index contributed by atoms with van der Waals surface area (Å²) in [6.45, 7) is 7.37. The van der Waals surface area contributed by atoms with Gasteiger partial charge in [0.1, 0.15) is 0 Å². The lowest BCUT2D eigenvalue weighted by atomic mass is 10.2. The summed E-state index contributed by atoms with van der Waals surface area (Å²) >= 11 is 5.21. The van der Waals surface area contributed by atoms with Crippen molar-refractivity contribution < 1.29 is 4.79 Å². The van der Waals surface area contributed by atoms with Gasteiger partial charge in [0.05, 0.1) is 11.5 Å². The molecule has 5 heteroatoms. The van der Waals surface area contributed by atoms with Crippen LogP contribution in [0.1, 0.15) is 13.3 Å². The van der Waals surface area contributed by atoms with Gasteiger partial charge in [0.15, 0.2) is 0 Å². The first kappa shape index (κ1) is 18.1. The molecule has 0 atom stereocenters. The zero-order valence-corrected chi connectivity index (χ0v) is 15.7. The van der Waals surface area contributed by atoms with Crippen LogP contribution in [-0.2, 0) is 11.3 Å². The summed E-state index contributed by atoms with van der Waals surface area (Å²) in [7, 11) is 0. The zero-order chi connectivity index (χ0) is 18.5. The van der Waals surface area contributed by atoms with Crippen molar-refractivity contribution in [2.75, 3.05) is 13.1 Å². The number of benzene rings is 2. The van der Waals surface area contributed by atoms with Crippen LogP contribution in [-0.4, -0.2) is 28.6 Å². The molecule has 4 nitrogen and oxygen atoms in total. The van der Waals surface area contributed by atoms with E-state index in [9.17, 15) is 4.79 Å². The first-order valence-electron chi connectivity index (χ1n) is 8.70. The molecule has 0 spiro atoms.